The first kappa shape index (κ1) is 12.5. The van der Waals surface area contributed by atoms with Gasteiger partial charge in [-0.05, 0) is 53.8 Å². The molecule has 0 aromatic heterocycles. The smallest absolute Gasteiger partial charge is 0.0262 e. The molecule has 0 aromatic rings. The summed E-state index contributed by atoms with van der Waals surface area (Å²) in [6.07, 6.45) is 5.84. The van der Waals surface area contributed by atoms with Crippen LogP contribution in [0.1, 0.15) is 67.2 Å². The molecule has 1 unspecified atom stereocenters. The highest BCUT2D eigenvalue weighted by Gasteiger charge is 2.53. The highest BCUT2D eigenvalue weighted by Crippen LogP contribution is 2.62. The molecular formula is C16H30. The van der Waals surface area contributed by atoms with Crippen LogP contribution in [0.4, 0.5) is 0 Å². The summed E-state index contributed by atoms with van der Waals surface area (Å²) >= 11 is 0. The molecule has 0 saturated heterocycles. The summed E-state index contributed by atoms with van der Waals surface area (Å²) in [6.45, 7) is 15.1. The normalized spacial score (nSPS) is 52.1. The van der Waals surface area contributed by atoms with E-state index in [0.29, 0.717) is 10.8 Å². The molecule has 0 aliphatic heterocycles. The molecule has 16 heavy (non-hydrogen) atoms. The molecule has 0 N–H and O–H groups in total. The lowest BCUT2D eigenvalue weighted by molar-refractivity contribution is -0.105. The predicted octanol–water partition coefficient (Wildman–Crippen LogP) is 5.13. The van der Waals surface area contributed by atoms with Gasteiger partial charge in [0, 0.05) is 0 Å². The summed E-state index contributed by atoms with van der Waals surface area (Å²) in [5, 5.41) is 0. The van der Waals surface area contributed by atoms with Crippen molar-refractivity contribution in [2.24, 2.45) is 34.5 Å². The third-order valence-electron chi connectivity index (χ3n) is 6.21. The third-order valence-corrected chi connectivity index (χ3v) is 6.21. The molecule has 0 amide bonds. The molecule has 2 aliphatic rings. The fourth-order valence-electron chi connectivity index (χ4n) is 5.45. The van der Waals surface area contributed by atoms with Crippen LogP contribution < -0.4 is 0 Å². The Labute approximate surface area is 102 Å². The van der Waals surface area contributed by atoms with Gasteiger partial charge in [-0.3, -0.25) is 0 Å². The van der Waals surface area contributed by atoms with Crippen molar-refractivity contribution in [2.45, 2.75) is 67.2 Å². The fourth-order valence-corrected chi connectivity index (χ4v) is 5.45. The van der Waals surface area contributed by atoms with Gasteiger partial charge in [0.25, 0.3) is 0 Å². The number of fused-ring (bicyclic) bond motifs is 1. The molecule has 94 valence electrons. The molecule has 0 radical (unpaired) electrons. The Hall–Kier alpha value is 0. The van der Waals surface area contributed by atoms with E-state index in [1.54, 1.807) is 0 Å². The second-order valence-electron chi connectivity index (χ2n) is 7.90. The number of hydrogen-bond acceptors (Lipinski definition) is 0. The van der Waals surface area contributed by atoms with E-state index in [2.05, 4.69) is 41.5 Å². The van der Waals surface area contributed by atoms with Gasteiger partial charge in [0.15, 0.2) is 0 Å². The monoisotopic (exact) mass is 222 g/mol. The lowest BCUT2D eigenvalue weighted by atomic mass is 9.45. The first-order valence-corrected chi connectivity index (χ1v) is 7.27. The summed E-state index contributed by atoms with van der Waals surface area (Å²) < 4.78 is 0. The molecule has 2 saturated carbocycles. The van der Waals surface area contributed by atoms with Gasteiger partial charge in [-0.2, -0.15) is 0 Å². The van der Waals surface area contributed by atoms with Crippen LogP contribution in [0.2, 0.25) is 0 Å². The molecule has 0 spiro atoms. The minimum atomic E-state index is 0.570. The van der Waals surface area contributed by atoms with Gasteiger partial charge >= 0.3 is 0 Å². The largest absolute Gasteiger partial charge is 0.0625 e. The van der Waals surface area contributed by atoms with Gasteiger partial charge in [-0.25, -0.2) is 0 Å². The van der Waals surface area contributed by atoms with Crippen molar-refractivity contribution in [1.82, 2.24) is 0 Å². The molecule has 0 bridgehead atoms. The molecule has 0 aromatic carbocycles. The fraction of sp³-hybridized carbons (Fsp3) is 1.00. The van der Waals surface area contributed by atoms with Crippen LogP contribution in [0.3, 0.4) is 0 Å². The molecule has 0 heterocycles. The third kappa shape index (κ3) is 1.73. The van der Waals surface area contributed by atoms with E-state index in [4.69, 9.17) is 0 Å². The predicted molar refractivity (Wildman–Crippen MR) is 71.3 cm³/mol. The Morgan fingerprint density at radius 3 is 2.12 bits per heavy atom. The second kappa shape index (κ2) is 3.75. The molecule has 0 nitrogen and oxygen atoms in total. The zero-order chi connectivity index (χ0) is 12.1. The Kier molecular flexibility index (Phi) is 2.92. The number of rotatable bonds is 0. The summed E-state index contributed by atoms with van der Waals surface area (Å²) in [5.74, 6) is 3.72. The van der Waals surface area contributed by atoms with E-state index >= 15 is 0 Å². The van der Waals surface area contributed by atoms with E-state index < -0.39 is 0 Å². The van der Waals surface area contributed by atoms with Gasteiger partial charge in [0.2, 0.25) is 0 Å². The van der Waals surface area contributed by atoms with Gasteiger partial charge < -0.3 is 0 Å². The first-order chi connectivity index (χ1) is 7.27. The maximum absolute atomic E-state index is 2.59. The topological polar surface area (TPSA) is 0 Å². The Morgan fingerprint density at radius 1 is 0.875 bits per heavy atom. The van der Waals surface area contributed by atoms with Crippen LogP contribution in [0.25, 0.3) is 0 Å². The zero-order valence-corrected chi connectivity index (χ0v) is 12.1. The Bertz CT molecular complexity index is 265. The average Bonchev–Trinajstić information content (AvgIpc) is 2.11. The molecule has 0 heteroatoms. The van der Waals surface area contributed by atoms with Crippen LogP contribution >= 0.6 is 0 Å². The van der Waals surface area contributed by atoms with Crippen molar-refractivity contribution in [2.75, 3.05) is 0 Å². The lowest BCUT2D eigenvalue weighted by Gasteiger charge is -2.60. The minimum Gasteiger partial charge on any atom is -0.0625 e. The lowest BCUT2D eigenvalue weighted by Crippen LogP contribution is -2.52. The summed E-state index contributed by atoms with van der Waals surface area (Å²) in [4.78, 5) is 0. The summed E-state index contributed by atoms with van der Waals surface area (Å²) in [5.41, 5.74) is 1.18. The van der Waals surface area contributed by atoms with E-state index in [1.807, 2.05) is 0 Å². The van der Waals surface area contributed by atoms with Crippen LogP contribution in [0, 0.1) is 34.5 Å². The van der Waals surface area contributed by atoms with Gasteiger partial charge in [0.1, 0.15) is 0 Å². The van der Waals surface area contributed by atoms with Crippen molar-refractivity contribution in [1.29, 1.82) is 0 Å². The molecule has 2 rings (SSSR count). The van der Waals surface area contributed by atoms with Crippen LogP contribution in [0.5, 0.6) is 0 Å². The number of hydrogen-bond donors (Lipinski definition) is 0. The summed E-state index contributed by atoms with van der Waals surface area (Å²) in [7, 11) is 0. The maximum atomic E-state index is 2.59. The van der Waals surface area contributed by atoms with Crippen LogP contribution in [-0.4, -0.2) is 0 Å². The first-order valence-electron chi connectivity index (χ1n) is 7.27. The van der Waals surface area contributed by atoms with Crippen molar-refractivity contribution in [3.63, 3.8) is 0 Å². The summed E-state index contributed by atoms with van der Waals surface area (Å²) in [6, 6.07) is 0. The van der Waals surface area contributed by atoms with Crippen molar-refractivity contribution >= 4 is 0 Å². The van der Waals surface area contributed by atoms with Gasteiger partial charge in [-0.15, -0.1) is 0 Å². The molecular weight excluding hydrogens is 192 g/mol. The second-order valence-corrected chi connectivity index (χ2v) is 7.90. The van der Waals surface area contributed by atoms with Crippen LogP contribution in [0.15, 0.2) is 0 Å². The van der Waals surface area contributed by atoms with E-state index in [-0.39, 0.29) is 0 Å². The SMILES string of the molecule is CC1CC(C)(C)[C@@H]2CC[C@H](C)[C@H](C)[C@@]2(C)C1. The Balaban J connectivity index is 2.33. The highest BCUT2D eigenvalue weighted by molar-refractivity contribution is 5.02. The zero-order valence-electron chi connectivity index (χ0n) is 12.1. The maximum Gasteiger partial charge on any atom is -0.0262 e. The quantitative estimate of drug-likeness (QED) is 0.533. The van der Waals surface area contributed by atoms with E-state index in [0.717, 1.165) is 23.7 Å². The van der Waals surface area contributed by atoms with E-state index in [1.165, 1.54) is 25.7 Å². The van der Waals surface area contributed by atoms with Crippen molar-refractivity contribution < 1.29 is 0 Å². The van der Waals surface area contributed by atoms with Crippen molar-refractivity contribution in [3.05, 3.63) is 0 Å². The van der Waals surface area contributed by atoms with Crippen molar-refractivity contribution in [3.8, 4) is 0 Å². The van der Waals surface area contributed by atoms with Crippen LogP contribution in [-0.2, 0) is 0 Å². The molecule has 2 aliphatic carbocycles. The average molecular weight is 222 g/mol. The highest BCUT2D eigenvalue weighted by atomic mass is 14.6. The molecule has 5 atom stereocenters. The van der Waals surface area contributed by atoms with E-state index in [9.17, 15) is 0 Å². The Morgan fingerprint density at radius 2 is 1.50 bits per heavy atom. The van der Waals surface area contributed by atoms with Gasteiger partial charge in [-0.1, -0.05) is 48.0 Å². The standard InChI is InChI=1S/C16H30/c1-11-9-15(4,5)14-8-7-12(2)13(3)16(14,6)10-11/h11-14H,7-10H2,1-6H3/t11?,12-,13-,14-,16+/m0/s1. The molecule has 2 fully saturated rings. The van der Waals surface area contributed by atoms with Gasteiger partial charge in [0.05, 0.1) is 0 Å². The minimum absolute atomic E-state index is 0.570.